The Hall–Kier alpha value is -2.53. The molecular weight excluding hydrogens is 336 g/mol. The molecule has 0 bridgehead atoms. The van der Waals surface area contributed by atoms with Crippen LogP contribution in [0.5, 0.6) is 0 Å². The molecule has 2 aromatic rings. The Labute approximate surface area is 152 Å². The predicted molar refractivity (Wildman–Crippen MR) is 105 cm³/mol. The van der Waals surface area contributed by atoms with Crippen LogP contribution in [-0.4, -0.2) is 32.3 Å². The van der Waals surface area contributed by atoms with E-state index in [0.29, 0.717) is 16.3 Å². The molecule has 0 saturated heterocycles. The molecule has 1 N–H and O–H groups in total. The first kappa shape index (κ1) is 17.3. The standard InChI is InChI=1S/C19H21ClN4O/c1-13-10-11-24(22-13)16-7-4-14(5-8-16)19(25)21-15-6-9-18(23(2)3)17(20)12-15/h4-9,12H,10-11H2,1-3H3,(H,21,25). The van der Waals surface area contributed by atoms with Crippen molar-refractivity contribution in [2.75, 3.05) is 35.9 Å². The van der Waals surface area contributed by atoms with Gasteiger partial charge in [-0.1, -0.05) is 11.6 Å². The fraction of sp³-hybridized carbons (Fsp3) is 0.263. The third kappa shape index (κ3) is 3.94. The van der Waals surface area contributed by atoms with Gasteiger partial charge in [-0.3, -0.25) is 9.80 Å². The van der Waals surface area contributed by atoms with E-state index in [1.54, 1.807) is 6.07 Å². The number of amides is 1. The molecule has 1 amide bonds. The van der Waals surface area contributed by atoms with E-state index in [-0.39, 0.29) is 5.91 Å². The van der Waals surface area contributed by atoms with Crippen molar-refractivity contribution >= 4 is 40.3 Å². The highest BCUT2D eigenvalue weighted by atomic mass is 35.5. The Bertz CT molecular complexity index is 815. The van der Waals surface area contributed by atoms with Crippen molar-refractivity contribution in [2.24, 2.45) is 5.10 Å². The summed E-state index contributed by atoms with van der Waals surface area (Å²) < 4.78 is 0. The van der Waals surface area contributed by atoms with Crippen LogP contribution in [0.1, 0.15) is 23.7 Å². The molecule has 2 aromatic carbocycles. The number of hydrazone groups is 1. The first-order valence-corrected chi connectivity index (χ1v) is 8.52. The highest BCUT2D eigenvalue weighted by Gasteiger charge is 2.14. The molecule has 3 rings (SSSR count). The number of halogens is 1. The minimum Gasteiger partial charge on any atom is -0.376 e. The fourth-order valence-electron chi connectivity index (χ4n) is 2.70. The fourth-order valence-corrected chi connectivity index (χ4v) is 3.05. The lowest BCUT2D eigenvalue weighted by Crippen LogP contribution is -2.14. The van der Waals surface area contributed by atoms with Crippen LogP contribution in [0.3, 0.4) is 0 Å². The second kappa shape index (κ2) is 7.15. The summed E-state index contributed by atoms with van der Waals surface area (Å²) in [5, 5.41) is 9.89. The zero-order chi connectivity index (χ0) is 18.0. The van der Waals surface area contributed by atoms with Gasteiger partial charge < -0.3 is 10.2 Å². The monoisotopic (exact) mass is 356 g/mol. The first-order valence-electron chi connectivity index (χ1n) is 8.14. The Morgan fingerprint density at radius 1 is 1.20 bits per heavy atom. The summed E-state index contributed by atoms with van der Waals surface area (Å²) in [5.41, 5.74) is 4.29. The number of anilines is 3. The minimum atomic E-state index is -0.165. The van der Waals surface area contributed by atoms with E-state index in [2.05, 4.69) is 10.4 Å². The summed E-state index contributed by atoms with van der Waals surface area (Å²) in [5.74, 6) is -0.165. The normalized spacial score (nSPS) is 13.6. The summed E-state index contributed by atoms with van der Waals surface area (Å²) in [7, 11) is 3.85. The molecule has 0 aliphatic carbocycles. The molecule has 0 aromatic heterocycles. The van der Waals surface area contributed by atoms with Gasteiger partial charge >= 0.3 is 0 Å². The molecule has 5 nitrogen and oxygen atoms in total. The number of hydrogen-bond donors (Lipinski definition) is 1. The van der Waals surface area contributed by atoms with Crippen molar-refractivity contribution in [1.82, 2.24) is 0 Å². The molecule has 0 atom stereocenters. The van der Waals surface area contributed by atoms with E-state index in [4.69, 9.17) is 11.6 Å². The van der Waals surface area contributed by atoms with E-state index >= 15 is 0 Å². The zero-order valence-electron chi connectivity index (χ0n) is 14.6. The van der Waals surface area contributed by atoms with Crippen molar-refractivity contribution in [2.45, 2.75) is 13.3 Å². The van der Waals surface area contributed by atoms with Crippen LogP contribution in [-0.2, 0) is 0 Å². The maximum atomic E-state index is 12.4. The first-order chi connectivity index (χ1) is 11.9. The lowest BCUT2D eigenvalue weighted by Gasteiger charge is -2.16. The van der Waals surface area contributed by atoms with Crippen LogP contribution >= 0.6 is 11.6 Å². The molecule has 25 heavy (non-hydrogen) atoms. The van der Waals surface area contributed by atoms with Gasteiger partial charge in [0.05, 0.1) is 16.4 Å². The average molecular weight is 357 g/mol. The van der Waals surface area contributed by atoms with E-state index in [0.717, 1.165) is 30.1 Å². The number of benzene rings is 2. The van der Waals surface area contributed by atoms with Gasteiger partial charge in [-0.15, -0.1) is 0 Å². The van der Waals surface area contributed by atoms with E-state index in [1.807, 2.05) is 67.3 Å². The molecule has 0 spiro atoms. The quantitative estimate of drug-likeness (QED) is 0.891. The molecule has 0 radical (unpaired) electrons. The van der Waals surface area contributed by atoms with Crippen LogP contribution in [0.2, 0.25) is 5.02 Å². The summed E-state index contributed by atoms with van der Waals surface area (Å²) in [6.45, 7) is 2.91. The van der Waals surface area contributed by atoms with Crippen molar-refractivity contribution < 1.29 is 4.79 Å². The van der Waals surface area contributed by atoms with Gasteiger partial charge in [0.15, 0.2) is 0 Å². The van der Waals surface area contributed by atoms with E-state index in [9.17, 15) is 4.79 Å². The highest BCUT2D eigenvalue weighted by Crippen LogP contribution is 2.28. The Kier molecular flexibility index (Phi) is 4.95. The third-order valence-corrected chi connectivity index (χ3v) is 4.39. The number of carbonyl (C=O) groups is 1. The van der Waals surface area contributed by atoms with Gasteiger partial charge in [-0.05, 0) is 49.4 Å². The van der Waals surface area contributed by atoms with Crippen molar-refractivity contribution in [1.29, 1.82) is 0 Å². The van der Waals surface area contributed by atoms with E-state index in [1.165, 1.54) is 0 Å². The zero-order valence-corrected chi connectivity index (χ0v) is 15.3. The molecule has 1 aliphatic rings. The van der Waals surface area contributed by atoms with Crippen LogP contribution in [0.4, 0.5) is 17.1 Å². The largest absolute Gasteiger partial charge is 0.376 e. The molecule has 130 valence electrons. The molecular formula is C19H21ClN4O. The van der Waals surface area contributed by atoms with Crippen LogP contribution in [0, 0.1) is 0 Å². The Morgan fingerprint density at radius 3 is 2.48 bits per heavy atom. The molecule has 0 fully saturated rings. The maximum absolute atomic E-state index is 12.4. The molecule has 1 heterocycles. The Morgan fingerprint density at radius 2 is 1.92 bits per heavy atom. The van der Waals surface area contributed by atoms with Gasteiger partial charge in [-0.2, -0.15) is 5.10 Å². The van der Waals surface area contributed by atoms with Crippen LogP contribution < -0.4 is 15.2 Å². The maximum Gasteiger partial charge on any atom is 0.255 e. The molecule has 0 saturated carbocycles. The molecule has 0 unspecified atom stereocenters. The second-order valence-corrected chi connectivity index (χ2v) is 6.68. The number of nitrogens with one attached hydrogen (secondary N) is 1. The SMILES string of the molecule is CC1=NN(c2ccc(C(=O)Nc3ccc(N(C)C)c(Cl)c3)cc2)CC1. The van der Waals surface area contributed by atoms with Gasteiger partial charge in [0.1, 0.15) is 0 Å². The summed E-state index contributed by atoms with van der Waals surface area (Å²) in [6.07, 6.45) is 0.978. The second-order valence-electron chi connectivity index (χ2n) is 6.27. The van der Waals surface area contributed by atoms with Gasteiger partial charge in [-0.25, -0.2) is 0 Å². The lowest BCUT2D eigenvalue weighted by molar-refractivity contribution is 0.102. The number of nitrogens with zero attached hydrogens (tertiary/aromatic N) is 3. The number of rotatable bonds is 4. The average Bonchev–Trinajstić information content (AvgIpc) is 3.01. The topological polar surface area (TPSA) is 47.9 Å². The van der Waals surface area contributed by atoms with Gasteiger partial charge in [0.25, 0.3) is 5.91 Å². The summed E-state index contributed by atoms with van der Waals surface area (Å²) in [4.78, 5) is 14.3. The lowest BCUT2D eigenvalue weighted by atomic mass is 10.1. The molecule has 6 heteroatoms. The summed E-state index contributed by atoms with van der Waals surface area (Å²) >= 11 is 6.25. The Balaban J connectivity index is 1.70. The molecule has 1 aliphatic heterocycles. The van der Waals surface area contributed by atoms with Gasteiger partial charge in [0, 0.05) is 44.0 Å². The van der Waals surface area contributed by atoms with Crippen LogP contribution in [0.15, 0.2) is 47.6 Å². The van der Waals surface area contributed by atoms with Crippen molar-refractivity contribution in [3.8, 4) is 0 Å². The van der Waals surface area contributed by atoms with Crippen molar-refractivity contribution in [3.05, 3.63) is 53.1 Å². The highest BCUT2D eigenvalue weighted by molar-refractivity contribution is 6.33. The predicted octanol–water partition coefficient (Wildman–Crippen LogP) is 4.24. The number of hydrogen-bond acceptors (Lipinski definition) is 4. The van der Waals surface area contributed by atoms with Crippen LogP contribution in [0.25, 0.3) is 0 Å². The smallest absolute Gasteiger partial charge is 0.255 e. The van der Waals surface area contributed by atoms with Crippen molar-refractivity contribution in [3.63, 3.8) is 0 Å². The minimum absolute atomic E-state index is 0.165. The van der Waals surface area contributed by atoms with Gasteiger partial charge in [0.2, 0.25) is 0 Å². The third-order valence-electron chi connectivity index (χ3n) is 4.09. The number of carbonyl (C=O) groups excluding carboxylic acids is 1. The summed E-state index contributed by atoms with van der Waals surface area (Å²) in [6, 6.07) is 12.9. The van der Waals surface area contributed by atoms with E-state index < -0.39 is 0 Å².